The third-order valence-corrected chi connectivity index (χ3v) is 4.86. The monoisotopic (exact) mass is 409 g/mol. The number of rotatable bonds is 9. The highest BCUT2D eigenvalue weighted by Gasteiger charge is 2.21. The number of carbonyl (C=O) groups is 2. The van der Waals surface area contributed by atoms with Crippen molar-refractivity contribution in [2.45, 2.75) is 38.3 Å². The smallest absolute Gasteiger partial charge is 0.330 e. The van der Waals surface area contributed by atoms with Gasteiger partial charge in [-0.25, -0.2) is 9.59 Å². The molecule has 0 aliphatic rings. The van der Waals surface area contributed by atoms with Crippen molar-refractivity contribution in [3.8, 4) is 0 Å². The molecule has 3 rings (SSSR count). The second kappa shape index (κ2) is 9.69. The Hall–Kier alpha value is -3.68. The van der Waals surface area contributed by atoms with E-state index in [2.05, 4.69) is 10.3 Å². The fraction of sp³-hybridized carbons (Fsp3) is 0.273. The van der Waals surface area contributed by atoms with E-state index in [0.29, 0.717) is 35.7 Å². The van der Waals surface area contributed by atoms with E-state index >= 15 is 0 Å². The average Bonchev–Trinajstić information content (AvgIpc) is 2.74. The van der Waals surface area contributed by atoms with Gasteiger partial charge in [0.2, 0.25) is 5.91 Å². The highest BCUT2D eigenvalue weighted by atomic mass is 16.4. The lowest BCUT2D eigenvalue weighted by Gasteiger charge is -2.14. The van der Waals surface area contributed by atoms with Crippen molar-refractivity contribution >= 4 is 22.8 Å². The van der Waals surface area contributed by atoms with Crippen LogP contribution in [0, 0.1) is 0 Å². The third kappa shape index (κ3) is 5.02. The number of fused-ring (bicyclic) bond motifs is 1. The van der Waals surface area contributed by atoms with E-state index in [1.165, 1.54) is 0 Å². The zero-order chi connectivity index (χ0) is 21.5. The standard InChI is InChI=1S/C22H23N3O5/c26-18(24-19(21(28)29)15-9-3-1-4-10-15)13-5-2-8-14-25-20(27)16-11-6-7-12-17(16)23-22(25)30/h1,3-4,6-7,9-12,19H,2,5,8,13-14H2,(H,23,30)(H,24,26)(H,28,29)/t19-/m0/s1. The number of nitrogens with zero attached hydrogens (tertiary/aromatic N) is 1. The molecule has 3 aromatic rings. The van der Waals surface area contributed by atoms with Gasteiger partial charge in [-0.3, -0.25) is 14.2 Å². The second-order valence-electron chi connectivity index (χ2n) is 6.99. The molecule has 0 bridgehead atoms. The van der Waals surface area contributed by atoms with Crippen LogP contribution >= 0.6 is 0 Å². The Morgan fingerprint density at radius 2 is 1.67 bits per heavy atom. The first kappa shape index (κ1) is 21.0. The number of hydrogen-bond acceptors (Lipinski definition) is 4. The molecule has 1 heterocycles. The molecule has 0 aliphatic heterocycles. The van der Waals surface area contributed by atoms with Crippen molar-refractivity contribution in [2.24, 2.45) is 0 Å². The first-order valence-electron chi connectivity index (χ1n) is 9.76. The summed E-state index contributed by atoms with van der Waals surface area (Å²) in [4.78, 5) is 50.9. The number of amides is 1. The van der Waals surface area contributed by atoms with Crippen LogP contribution < -0.4 is 16.6 Å². The number of nitrogens with one attached hydrogen (secondary N) is 2. The molecule has 8 heteroatoms. The van der Waals surface area contributed by atoms with Gasteiger partial charge in [0.15, 0.2) is 6.04 Å². The minimum Gasteiger partial charge on any atom is -0.479 e. The summed E-state index contributed by atoms with van der Waals surface area (Å²) in [6.45, 7) is 0.252. The fourth-order valence-corrected chi connectivity index (χ4v) is 3.30. The fourth-order valence-electron chi connectivity index (χ4n) is 3.30. The molecule has 1 amide bonds. The van der Waals surface area contributed by atoms with Crippen LogP contribution in [-0.2, 0) is 16.1 Å². The molecule has 3 N–H and O–H groups in total. The molecule has 1 aromatic heterocycles. The van der Waals surface area contributed by atoms with E-state index in [9.17, 15) is 24.3 Å². The van der Waals surface area contributed by atoms with Crippen molar-refractivity contribution in [1.82, 2.24) is 14.9 Å². The Labute approximate surface area is 172 Å². The molecule has 0 unspecified atom stereocenters. The maximum absolute atomic E-state index is 12.5. The number of unbranched alkanes of at least 4 members (excludes halogenated alkanes) is 2. The largest absolute Gasteiger partial charge is 0.479 e. The zero-order valence-electron chi connectivity index (χ0n) is 16.3. The van der Waals surface area contributed by atoms with Gasteiger partial charge in [-0.1, -0.05) is 48.9 Å². The van der Waals surface area contributed by atoms with Gasteiger partial charge in [0, 0.05) is 13.0 Å². The Bertz CT molecular complexity index is 1150. The van der Waals surface area contributed by atoms with Crippen LogP contribution in [0.5, 0.6) is 0 Å². The summed E-state index contributed by atoms with van der Waals surface area (Å²) in [5.41, 5.74) is 0.225. The zero-order valence-corrected chi connectivity index (χ0v) is 16.3. The van der Waals surface area contributed by atoms with Gasteiger partial charge < -0.3 is 15.4 Å². The number of H-pyrrole nitrogens is 1. The molecule has 0 radical (unpaired) electrons. The summed E-state index contributed by atoms with van der Waals surface area (Å²) in [6.07, 6.45) is 1.86. The Morgan fingerprint density at radius 1 is 0.967 bits per heavy atom. The Balaban J connectivity index is 1.50. The minimum atomic E-state index is -1.12. The number of hydrogen-bond donors (Lipinski definition) is 3. The maximum atomic E-state index is 12.5. The molecular formula is C22H23N3O5. The summed E-state index contributed by atoms with van der Waals surface area (Å²) < 4.78 is 1.16. The van der Waals surface area contributed by atoms with Crippen LogP contribution in [0.4, 0.5) is 0 Å². The van der Waals surface area contributed by atoms with Gasteiger partial charge in [-0.2, -0.15) is 0 Å². The SMILES string of the molecule is O=C(CCCCCn1c(=O)[nH]c2ccccc2c1=O)N[C@H](C(=O)O)c1ccccc1. The van der Waals surface area contributed by atoms with Gasteiger partial charge in [0.25, 0.3) is 5.56 Å². The molecule has 8 nitrogen and oxygen atoms in total. The molecule has 0 fully saturated rings. The number of para-hydroxylation sites is 1. The summed E-state index contributed by atoms with van der Waals surface area (Å²) in [7, 11) is 0. The lowest BCUT2D eigenvalue weighted by atomic mass is 10.1. The quantitative estimate of drug-likeness (QED) is 0.468. The highest BCUT2D eigenvalue weighted by molar-refractivity contribution is 5.84. The van der Waals surface area contributed by atoms with E-state index in [4.69, 9.17) is 0 Å². The van der Waals surface area contributed by atoms with E-state index < -0.39 is 17.7 Å². The number of aliphatic carboxylic acids is 1. The first-order valence-corrected chi connectivity index (χ1v) is 9.76. The molecule has 0 saturated heterocycles. The molecular weight excluding hydrogens is 386 g/mol. The van der Waals surface area contributed by atoms with Gasteiger partial charge in [-0.05, 0) is 30.5 Å². The lowest BCUT2D eigenvalue weighted by molar-refractivity contribution is -0.142. The van der Waals surface area contributed by atoms with Crippen LogP contribution in [0.15, 0.2) is 64.2 Å². The molecule has 156 valence electrons. The molecule has 2 aromatic carbocycles. The second-order valence-corrected chi connectivity index (χ2v) is 6.99. The van der Waals surface area contributed by atoms with E-state index in [1.54, 1.807) is 54.6 Å². The van der Waals surface area contributed by atoms with Crippen molar-refractivity contribution in [1.29, 1.82) is 0 Å². The minimum absolute atomic E-state index is 0.166. The lowest BCUT2D eigenvalue weighted by Crippen LogP contribution is -2.35. The predicted octanol–water partition coefficient (Wildman–Crippen LogP) is 2.19. The van der Waals surface area contributed by atoms with Gasteiger partial charge in [0.05, 0.1) is 10.9 Å². The van der Waals surface area contributed by atoms with Crippen molar-refractivity contribution < 1.29 is 14.7 Å². The van der Waals surface area contributed by atoms with Crippen LogP contribution in [0.1, 0.15) is 37.3 Å². The van der Waals surface area contributed by atoms with E-state index in [1.807, 2.05) is 0 Å². The first-order chi connectivity index (χ1) is 14.5. The number of carboxylic acids is 1. The molecule has 30 heavy (non-hydrogen) atoms. The molecule has 0 spiro atoms. The van der Waals surface area contributed by atoms with Crippen molar-refractivity contribution in [3.63, 3.8) is 0 Å². The number of benzene rings is 2. The van der Waals surface area contributed by atoms with Crippen molar-refractivity contribution in [3.05, 3.63) is 81.0 Å². The summed E-state index contributed by atoms with van der Waals surface area (Å²) in [5, 5.41) is 12.3. The Morgan fingerprint density at radius 3 is 2.40 bits per heavy atom. The van der Waals surface area contributed by atoms with Crippen LogP contribution in [0.3, 0.4) is 0 Å². The van der Waals surface area contributed by atoms with E-state index in [0.717, 1.165) is 4.57 Å². The Kier molecular flexibility index (Phi) is 6.79. The van der Waals surface area contributed by atoms with Crippen LogP contribution in [-0.4, -0.2) is 26.5 Å². The highest BCUT2D eigenvalue weighted by Crippen LogP contribution is 2.13. The van der Waals surface area contributed by atoms with Crippen molar-refractivity contribution in [2.75, 3.05) is 0 Å². The predicted molar refractivity (Wildman–Crippen MR) is 112 cm³/mol. The summed E-state index contributed by atoms with van der Waals surface area (Å²) in [5.74, 6) is -1.48. The number of aromatic amines is 1. The maximum Gasteiger partial charge on any atom is 0.330 e. The normalized spacial score (nSPS) is 11.9. The summed E-state index contributed by atoms with van der Waals surface area (Å²) in [6, 6.07) is 14.3. The van der Waals surface area contributed by atoms with Gasteiger partial charge in [0.1, 0.15) is 0 Å². The molecule has 0 aliphatic carbocycles. The topological polar surface area (TPSA) is 121 Å². The number of aromatic nitrogens is 2. The number of carboxylic acid groups (broad SMARTS) is 1. The molecule has 0 saturated carbocycles. The average molecular weight is 409 g/mol. The van der Waals surface area contributed by atoms with Crippen LogP contribution in [0.2, 0.25) is 0 Å². The van der Waals surface area contributed by atoms with Crippen LogP contribution in [0.25, 0.3) is 10.9 Å². The number of carbonyl (C=O) groups excluding carboxylic acids is 1. The molecule has 1 atom stereocenters. The van der Waals surface area contributed by atoms with Gasteiger partial charge in [-0.15, -0.1) is 0 Å². The van der Waals surface area contributed by atoms with Gasteiger partial charge >= 0.3 is 11.7 Å². The van der Waals surface area contributed by atoms with E-state index in [-0.39, 0.29) is 24.4 Å². The summed E-state index contributed by atoms with van der Waals surface area (Å²) >= 11 is 0. The third-order valence-electron chi connectivity index (χ3n) is 4.86.